The van der Waals surface area contributed by atoms with Crippen LogP contribution in [0.15, 0.2) is 46.0 Å². The highest BCUT2D eigenvalue weighted by Gasteiger charge is 2.17. The molecule has 0 saturated carbocycles. The molecule has 0 spiro atoms. The monoisotopic (exact) mass is 380 g/mol. The highest BCUT2D eigenvalue weighted by Crippen LogP contribution is 2.28. The van der Waals surface area contributed by atoms with Crippen molar-refractivity contribution < 1.29 is 9.53 Å². The number of thioether (sulfide) groups is 1. The zero-order valence-electron chi connectivity index (χ0n) is 12.6. The van der Waals surface area contributed by atoms with Crippen LogP contribution in [0.3, 0.4) is 0 Å². The first-order chi connectivity index (χ1) is 10.5. The number of carbonyl (C=O) groups is 1. The van der Waals surface area contributed by atoms with Crippen LogP contribution in [0.1, 0.15) is 12.5 Å². The summed E-state index contributed by atoms with van der Waals surface area (Å²) in [6, 6.07) is 9.47. The first kappa shape index (κ1) is 16.8. The molecule has 1 atom stereocenters. The van der Waals surface area contributed by atoms with Crippen LogP contribution in [0.2, 0.25) is 0 Å². The predicted octanol–water partition coefficient (Wildman–Crippen LogP) is 4.28. The van der Waals surface area contributed by atoms with Gasteiger partial charge in [0.2, 0.25) is 5.91 Å². The van der Waals surface area contributed by atoms with Gasteiger partial charge < -0.3 is 10.1 Å². The van der Waals surface area contributed by atoms with Gasteiger partial charge in [-0.1, -0.05) is 17.8 Å². The maximum Gasteiger partial charge on any atom is 0.237 e. The van der Waals surface area contributed by atoms with Crippen molar-refractivity contribution in [3.63, 3.8) is 0 Å². The SMILES string of the molecule is COc1ccc(C)cc1NC(=O)C(C)Sc1ccc(Br)cn1. The summed E-state index contributed by atoms with van der Waals surface area (Å²) in [5.74, 6) is 0.566. The number of pyridine rings is 1. The molecular formula is C16H17BrN2O2S. The molecule has 0 bridgehead atoms. The summed E-state index contributed by atoms with van der Waals surface area (Å²) in [6.45, 7) is 3.82. The third-order valence-corrected chi connectivity index (χ3v) is 4.50. The highest BCUT2D eigenvalue weighted by molar-refractivity contribution is 9.10. The fourth-order valence-corrected chi connectivity index (χ4v) is 2.84. The van der Waals surface area contributed by atoms with Crippen molar-refractivity contribution in [2.24, 2.45) is 0 Å². The fourth-order valence-electron chi connectivity index (χ4n) is 1.82. The Balaban J connectivity index is 2.05. The summed E-state index contributed by atoms with van der Waals surface area (Å²) < 4.78 is 6.19. The van der Waals surface area contributed by atoms with Gasteiger partial charge >= 0.3 is 0 Å². The number of hydrogen-bond donors (Lipinski definition) is 1. The second-order valence-electron chi connectivity index (χ2n) is 4.77. The summed E-state index contributed by atoms with van der Waals surface area (Å²) in [4.78, 5) is 16.6. The molecule has 1 heterocycles. The molecule has 4 nitrogen and oxygen atoms in total. The van der Waals surface area contributed by atoms with E-state index in [2.05, 4.69) is 26.2 Å². The van der Waals surface area contributed by atoms with Gasteiger partial charge in [0.05, 0.1) is 23.1 Å². The standard InChI is InChI=1S/C16H17BrN2O2S/c1-10-4-6-14(21-3)13(8-10)19-16(20)11(2)22-15-7-5-12(17)9-18-15/h4-9,11H,1-3H3,(H,19,20). The molecule has 116 valence electrons. The fraction of sp³-hybridized carbons (Fsp3) is 0.250. The maximum absolute atomic E-state index is 12.3. The van der Waals surface area contributed by atoms with Crippen molar-refractivity contribution in [1.29, 1.82) is 0 Å². The molecule has 0 aliphatic rings. The smallest absolute Gasteiger partial charge is 0.237 e. The lowest BCUT2D eigenvalue weighted by Crippen LogP contribution is -2.22. The number of amides is 1. The third-order valence-electron chi connectivity index (χ3n) is 2.98. The van der Waals surface area contributed by atoms with Crippen LogP contribution >= 0.6 is 27.7 Å². The second-order valence-corrected chi connectivity index (χ2v) is 7.04. The van der Waals surface area contributed by atoms with Crippen LogP contribution < -0.4 is 10.1 Å². The van der Waals surface area contributed by atoms with E-state index in [1.54, 1.807) is 13.3 Å². The molecular weight excluding hydrogens is 364 g/mol. The number of nitrogens with one attached hydrogen (secondary N) is 1. The van der Waals surface area contributed by atoms with Gasteiger partial charge in [-0.05, 0) is 59.6 Å². The number of nitrogens with zero attached hydrogens (tertiary/aromatic N) is 1. The first-order valence-corrected chi connectivity index (χ1v) is 8.40. The van der Waals surface area contributed by atoms with Gasteiger partial charge in [-0.25, -0.2) is 4.98 Å². The predicted molar refractivity (Wildman–Crippen MR) is 93.6 cm³/mol. The van der Waals surface area contributed by atoms with Gasteiger partial charge in [-0.15, -0.1) is 0 Å². The Morgan fingerprint density at radius 3 is 2.77 bits per heavy atom. The Kier molecular flexibility index (Phi) is 5.85. The van der Waals surface area contributed by atoms with E-state index in [1.807, 2.05) is 44.2 Å². The number of aromatic nitrogens is 1. The Morgan fingerprint density at radius 2 is 2.14 bits per heavy atom. The molecule has 1 unspecified atom stereocenters. The average molecular weight is 381 g/mol. The van der Waals surface area contributed by atoms with Crippen molar-refractivity contribution in [3.8, 4) is 5.75 Å². The topological polar surface area (TPSA) is 51.2 Å². The molecule has 2 aromatic rings. The number of halogens is 1. The highest BCUT2D eigenvalue weighted by atomic mass is 79.9. The van der Waals surface area contributed by atoms with Gasteiger partial charge in [-0.2, -0.15) is 0 Å². The zero-order valence-corrected chi connectivity index (χ0v) is 15.0. The largest absolute Gasteiger partial charge is 0.495 e. The molecule has 1 amide bonds. The van der Waals surface area contributed by atoms with Gasteiger partial charge in [0.25, 0.3) is 0 Å². The Labute approximate surface area is 142 Å². The quantitative estimate of drug-likeness (QED) is 0.786. The summed E-state index contributed by atoms with van der Waals surface area (Å²) in [6.07, 6.45) is 1.72. The van der Waals surface area contributed by atoms with Crippen LogP contribution in [0.25, 0.3) is 0 Å². The molecule has 1 N–H and O–H groups in total. The zero-order chi connectivity index (χ0) is 16.1. The van der Waals surface area contributed by atoms with Crippen LogP contribution in [0.5, 0.6) is 5.75 Å². The summed E-state index contributed by atoms with van der Waals surface area (Å²) in [5, 5.41) is 3.45. The summed E-state index contributed by atoms with van der Waals surface area (Å²) in [5.41, 5.74) is 1.75. The molecule has 1 aromatic carbocycles. The Hall–Kier alpha value is -1.53. The van der Waals surface area contributed by atoms with Crippen molar-refractivity contribution in [2.75, 3.05) is 12.4 Å². The minimum Gasteiger partial charge on any atom is -0.495 e. The number of anilines is 1. The summed E-state index contributed by atoms with van der Waals surface area (Å²) in [7, 11) is 1.59. The van der Waals surface area contributed by atoms with Crippen LogP contribution in [0, 0.1) is 6.92 Å². The number of hydrogen-bond acceptors (Lipinski definition) is 4. The van der Waals surface area contributed by atoms with Crippen molar-refractivity contribution in [2.45, 2.75) is 24.1 Å². The minimum atomic E-state index is -0.265. The van der Waals surface area contributed by atoms with Crippen molar-refractivity contribution in [1.82, 2.24) is 4.98 Å². The van der Waals surface area contributed by atoms with Gasteiger partial charge in [-0.3, -0.25) is 4.79 Å². The van der Waals surface area contributed by atoms with E-state index >= 15 is 0 Å². The third kappa shape index (κ3) is 4.48. The molecule has 0 aliphatic carbocycles. The number of aryl methyl sites for hydroxylation is 1. The number of methoxy groups -OCH3 is 1. The lowest BCUT2D eigenvalue weighted by molar-refractivity contribution is -0.115. The molecule has 2 rings (SSSR count). The van der Waals surface area contributed by atoms with E-state index in [1.165, 1.54) is 11.8 Å². The van der Waals surface area contributed by atoms with Crippen molar-refractivity contribution >= 4 is 39.3 Å². The molecule has 0 aliphatic heterocycles. The van der Waals surface area contributed by atoms with Gasteiger partial charge in [0.1, 0.15) is 5.75 Å². The second kappa shape index (κ2) is 7.65. The number of benzene rings is 1. The molecule has 22 heavy (non-hydrogen) atoms. The number of rotatable bonds is 5. The number of ether oxygens (including phenoxy) is 1. The Bertz CT molecular complexity index is 662. The normalized spacial score (nSPS) is 11.8. The lowest BCUT2D eigenvalue weighted by Gasteiger charge is -2.14. The van der Waals surface area contributed by atoms with E-state index in [0.29, 0.717) is 11.4 Å². The maximum atomic E-state index is 12.3. The molecule has 0 saturated heterocycles. The van der Waals surface area contributed by atoms with Crippen LogP contribution in [-0.4, -0.2) is 23.3 Å². The van der Waals surface area contributed by atoms with Gasteiger partial charge in [0.15, 0.2) is 0 Å². The van der Waals surface area contributed by atoms with Crippen LogP contribution in [0.4, 0.5) is 5.69 Å². The summed E-state index contributed by atoms with van der Waals surface area (Å²) >= 11 is 4.76. The molecule has 6 heteroatoms. The van der Waals surface area contributed by atoms with Gasteiger partial charge in [0, 0.05) is 10.7 Å². The first-order valence-electron chi connectivity index (χ1n) is 6.73. The molecule has 1 aromatic heterocycles. The molecule has 0 radical (unpaired) electrons. The van der Waals surface area contributed by atoms with Crippen LogP contribution in [-0.2, 0) is 4.79 Å². The Morgan fingerprint density at radius 1 is 1.36 bits per heavy atom. The van der Waals surface area contributed by atoms with E-state index < -0.39 is 0 Å². The number of carbonyl (C=O) groups excluding carboxylic acids is 1. The van der Waals surface area contributed by atoms with E-state index in [9.17, 15) is 4.79 Å². The average Bonchev–Trinajstić information content (AvgIpc) is 2.49. The van der Waals surface area contributed by atoms with E-state index in [-0.39, 0.29) is 11.2 Å². The minimum absolute atomic E-state index is 0.0846. The lowest BCUT2D eigenvalue weighted by atomic mass is 10.2. The molecule has 0 fully saturated rings. The van der Waals surface area contributed by atoms with Crippen molar-refractivity contribution in [3.05, 3.63) is 46.6 Å². The van der Waals surface area contributed by atoms with E-state index in [4.69, 9.17) is 4.74 Å². The van der Waals surface area contributed by atoms with E-state index in [0.717, 1.165) is 15.1 Å².